The fraction of sp³-hybridized carbons (Fsp3) is 0.364. The highest BCUT2D eigenvalue weighted by Gasteiger charge is 2.19. The standard InChI is InChI=1S/C11H14O5/c1-2-5-16-11(15)10(14)7-3-4-8(12)9(13)6-7/h3-4,6,10,12-14H,2,5H2,1H3. The number of carbonyl (C=O) groups is 1. The van der Waals surface area contributed by atoms with Crippen LogP contribution in [0.2, 0.25) is 0 Å². The molecule has 88 valence electrons. The molecule has 16 heavy (non-hydrogen) atoms. The number of phenolic OH excluding ortho intramolecular Hbond substituents is 2. The lowest BCUT2D eigenvalue weighted by Crippen LogP contribution is -2.15. The Bertz CT molecular complexity index is 375. The zero-order chi connectivity index (χ0) is 12.1. The summed E-state index contributed by atoms with van der Waals surface area (Å²) in [5.74, 6) is -1.47. The van der Waals surface area contributed by atoms with Crippen molar-refractivity contribution in [1.82, 2.24) is 0 Å². The molecule has 0 radical (unpaired) electrons. The second kappa shape index (κ2) is 5.37. The Kier molecular flexibility index (Phi) is 4.13. The number of aliphatic hydroxyl groups excluding tert-OH is 1. The predicted octanol–water partition coefficient (Wildman–Crippen LogP) is 1.08. The molecule has 0 bridgehead atoms. The van der Waals surface area contributed by atoms with Gasteiger partial charge in [0.05, 0.1) is 6.61 Å². The highest BCUT2D eigenvalue weighted by Crippen LogP contribution is 2.28. The molecule has 1 atom stereocenters. The number of hydrogen-bond acceptors (Lipinski definition) is 5. The van der Waals surface area contributed by atoms with E-state index in [4.69, 9.17) is 9.84 Å². The first kappa shape index (κ1) is 12.3. The molecule has 0 amide bonds. The molecule has 0 aromatic heterocycles. The van der Waals surface area contributed by atoms with Gasteiger partial charge in [0.15, 0.2) is 17.6 Å². The molecule has 0 aliphatic carbocycles. The van der Waals surface area contributed by atoms with Gasteiger partial charge in [-0.3, -0.25) is 0 Å². The van der Waals surface area contributed by atoms with Gasteiger partial charge in [-0.05, 0) is 24.1 Å². The SMILES string of the molecule is CCCOC(=O)C(O)c1ccc(O)c(O)c1. The summed E-state index contributed by atoms with van der Waals surface area (Å²) in [6.07, 6.45) is -0.780. The van der Waals surface area contributed by atoms with Crippen molar-refractivity contribution in [3.05, 3.63) is 23.8 Å². The number of esters is 1. The quantitative estimate of drug-likeness (QED) is 0.528. The van der Waals surface area contributed by atoms with Gasteiger partial charge in [0.2, 0.25) is 0 Å². The summed E-state index contributed by atoms with van der Waals surface area (Å²) in [5, 5.41) is 27.8. The van der Waals surface area contributed by atoms with Crippen LogP contribution >= 0.6 is 0 Å². The van der Waals surface area contributed by atoms with Crippen molar-refractivity contribution in [1.29, 1.82) is 0 Å². The van der Waals surface area contributed by atoms with Crippen LogP contribution in [0.3, 0.4) is 0 Å². The van der Waals surface area contributed by atoms with E-state index < -0.39 is 12.1 Å². The van der Waals surface area contributed by atoms with Crippen molar-refractivity contribution in [3.8, 4) is 11.5 Å². The van der Waals surface area contributed by atoms with Crippen molar-refractivity contribution in [3.63, 3.8) is 0 Å². The number of carbonyl (C=O) groups excluding carboxylic acids is 1. The van der Waals surface area contributed by atoms with Crippen LogP contribution in [-0.2, 0) is 9.53 Å². The summed E-state index contributed by atoms with van der Waals surface area (Å²) in [6, 6.07) is 3.65. The third kappa shape index (κ3) is 2.87. The number of aliphatic hydroxyl groups is 1. The number of benzene rings is 1. The van der Waals surface area contributed by atoms with E-state index in [1.165, 1.54) is 12.1 Å². The van der Waals surface area contributed by atoms with Crippen molar-refractivity contribution in [2.45, 2.75) is 19.4 Å². The molecule has 3 N–H and O–H groups in total. The molecule has 0 aliphatic rings. The molecule has 5 heteroatoms. The molecule has 5 nitrogen and oxygen atoms in total. The molecule has 0 saturated carbocycles. The molecule has 0 spiro atoms. The van der Waals surface area contributed by atoms with E-state index in [0.717, 1.165) is 6.07 Å². The maximum Gasteiger partial charge on any atom is 0.339 e. The molecular formula is C11H14O5. The van der Waals surface area contributed by atoms with Gasteiger partial charge in [-0.1, -0.05) is 13.0 Å². The lowest BCUT2D eigenvalue weighted by atomic mass is 10.1. The fourth-order valence-electron chi connectivity index (χ4n) is 1.13. The van der Waals surface area contributed by atoms with Gasteiger partial charge >= 0.3 is 5.97 Å². The van der Waals surface area contributed by atoms with Crippen molar-refractivity contribution in [2.75, 3.05) is 6.61 Å². The van der Waals surface area contributed by atoms with E-state index >= 15 is 0 Å². The van der Waals surface area contributed by atoms with Crippen LogP contribution in [-0.4, -0.2) is 27.9 Å². The van der Waals surface area contributed by atoms with Gasteiger partial charge < -0.3 is 20.1 Å². The van der Waals surface area contributed by atoms with Crippen LogP contribution < -0.4 is 0 Å². The van der Waals surface area contributed by atoms with Crippen molar-refractivity contribution >= 4 is 5.97 Å². The highest BCUT2D eigenvalue weighted by atomic mass is 16.5. The highest BCUT2D eigenvalue weighted by molar-refractivity contribution is 5.76. The normalized spacial score (nSPS) is 12.1. The Morgan fingerprint density at radius 1 is 1.38 bits per heavy atom. The van der Waals surface area contributed by atoms with Gasteiger partial charge in [-0.15, -0.1) is 0 Å². The lowest BCUT2D eigenvalue weighted by molar-refractivity contribution is -0.153. The molecule has 1 rings (SSSR count). The Balaban J connectivity index is 2.75. The van der Waals surface area contributed by atoms with Crippen LogP contribution in [0.4, 0.5) is 0 Å². The van der Waals surface area contributed by atoms with E-state index in [0.29, 0.717) is 6.42 Å². The minimum atomic E-state index is -1.45. The van der Waals surface area contributed by atoms with E-state index in [1.807, 2.05) is 6.92 Å². The maximum absolute atomic E-state index is 11.3. The number of ether oxygens (including phenoxy) is 1. The zero-order valence-electron chi connectivity index (χ0n) is 8.88. The fourth-order valence-corrected chi connectivity index (χ4v) is 1.13. The number of aromatic hydroxyl groups is 2. The Hall–Kier alpha value is -1.75. The van der Waals surface area contributed by atoms with Crippen LogP contribution in [0.1, 0.15) is 25.0 Å². The summed E-state index contributed by atoms with van der Waals surface area (Å²) in [5.41, 5.74) is 0.177. The van der Waals surface area contributed by atoms with Gasteiger partial charge in [0, 0.05) is 0 Å². The summed E-state index contributed by atoms with van der Waals surface area (Å²) >= 11 is 0. The van der Waals surface area contributed by atoms with Crippen LogP contribution in [0, 0.1) is 0 Å². The molecule has 0 aliphatic heterocycles. The minimum absolute atomic E-state index is 0.177. The number of phenols is 2. The Labute approximate surface area is 92.9 Å². The molecule has 0 saturated heterocycles. The first-order valence-corrected chi connectivity index (χ1v) is 4.92. The predicted molar refractivity (Wildman–Crippen MR) is 56.0 cm³/mol. The van der Waals surface area contributed by atoms with Crippen molar-refractivity contribution < 1.29 is 24.9 Å². The van der Waals surface area contributed by atoms with Gasteiger partial charge in [-0.2, -0.15) is 0 Å². The summed E-state index contributed by atoms with van der Waals surface area (Å²) in [7, 11) is 0. The molecule has 1 unspecified atom stereocenters. The third-order valence-electron chi connectivity index (χ3n) is 1.99. The molecule has 0 heterocycles. The second-order valence-electron chi connectivity index (χ2n) is 3.32. The second-order valence-corrected chi connectivity index (χ2v) is 3.32. The maximum atomic E-state index is 11.3. The molecule has 1 aromatic carbocycles. The Morgan fingerprint density at radius 3 is 2.62 bits per heavy atom. The molecular weight excluding hydrogens is 212 g/mol. The molecule has 0 fully saturated rings. The van der Waals surface area contributed by atoms with Crippen LogP contribution in [0.25, 0.3) is 0 Å². The van der Waals surface area contributed by atoms with E-state index in [-0.39, 0.29) is 23.7 Å². The average molecular weight is 226 g/mol. The first-order valence-electron chi connectivity index (χ1n) is 4.92. The molecule has 1 aromatic rings. The van der Waals surface area contributed by atoms with E-state index in [1.54, 1.807) is 0 Å². The summed E-state index contributed by atoms with van der Waals surface area (Å²) < 4.78 is 4.74. The van der Waals surface area contributed by atoms with Crippen molar-refractivity contribution in [2.24, 2.45) is 0 Å². The smallest absolute Gasteiger partial charge is 0.339 e. The summed E-state index contributed by atoms with van der Waals surface area (Å²) in [4.78, 5) is 11.3. The lowest BCUT2D eigenvalue weighted by Gasteiger charge is -2.11. The van der Waals surface area contributed by atoms with E-state index in [2.05, 4.69) is 0 Å². The van der Waals surface area contributed by atoms with Gasteiger partial charge in [-0.25, -0.2) is 4.79 Å². The monoisotopic (exact) mass is 226 g/mol. The number of rotatable bonds is 4. The summed E-state index contributed by atoms with van der Waals surface area (Å²) in [6.45, 7) is 2.08. The van der Waals surface area contributed by atoms with E-state index in [9.17, 15) is 15.0 Å². The topological polar surface area (TPSA) is 87.0 Å². The third-order valence-corrected chi connectivity index (χ3v) is 1.99. The largest absolute Gasteiger partial charge is 0.504 e. The van der Waals surface area contributed by atoms with Gasteiger partial charge in [0.25, 0.3) is 0 Å². The first-order chi connectivity index (χ1) is 7.56. The minimum Gasteiger partial charge on any atom is -0.504 e. The van der Waals surface area contributed by atoms with Crippen LogP contribution in [0.15, 0.2) is 18.2 Å². The Morgan fingerprint density at radius 2 is 2.06 bits per heavy atom. The van der Waals surface area contributed by atoms with Crippen LogP contribution in [0.5, 0.6) is 11.5 Å². The van der Waals surface area contributed by atoms with Gasteiger partial charge in [0.1, 0.15) is 0 Å². The average Bonchev–Trinajstić information content (AvgIpc) is 2.28. The zero-order valence-corrected chi connectivity index (χ0v) is 8.88. The number of hydrogen-bond donors (Lipinski definition) is 3.